The second-order valence-electron chi connectivity index (χ2n) is 7.08. The number of hydrogen-bond acceptors (Lipinski definition) is 2. The minimum atomic E-state index is 0. The van der Waals surface area contributed by atoms with Gasteiger partial charge in [0.25, 0.3) is 0 Å². The molecule has 0 saturated carbocycles. The standard InChI is InChI=1S/C17H34N4.HI/c1-5-20-9-6-7-16(20)12-19-17(18-4)21-10-8-15(13-21)11-14(2)3;/h14-16H,5-13H2,1-4H3,(H,18,19);1H. The summed E-state index contributed by atoms with van der Waals surface area (Å²) in [5, 5.41) is 3.63. The molecule has 2 heterocycles. The number of guanidine groups is 1. The van der Waals surface area contributed by atoms with Gasteiger partial charge in [0.05, 0.1) is 0 Å². The maximum atomic E-state index is 4.51. The van der Waals surface area contributed by atoms with Gasteiger partial charge >= 0.3 is 0 Å². The first-order valence-corrected chi connectivity index (χ1v) is 8.83. The summed E-state index contributed by atoms with van der Waals surface area (Å²) in [6, 6.07) is 0.695. The van der Waals surface area contributed by atoms with E-state index in [-0.39, 0.29) is 24.0 Å². The van der Waals surface area contributed by atoms with Crippen molar-refractivity contribution in [2.45, 2.75) is 52.5 Å². The van der Waals surface area contributed by atoms with E-state index in [4.69, 9.17) is 0 Å². The summed E-state index contributed by atoms with van der Waals surface area (Å²) in [4.78, 5) is 9.55. The number of halogens is 1. The third-order valence-corrected chi connectivity index (χ3v) is 5.00. The summed E-state index contributed by atoms with van der Waals surface area (Å²) in [6.45, 7) is 12.8. The highest BCUT2D eigenvalue weighted by Crippen LogP contribution is 2.23. The summed E-state index contributed by atoms with van der Waals surface area (Å²) in [7, 11) is 1.92. The average molecular weight is 422 g/mol. The highest BCUT2D eigenvalue weighted by molar-refractivity contribution is 14.0. The molecular weight excluding hydrogens is 387 g/mol. The smallest absolute Gasteiger partial charge is 0.193 e. The summed E-state index contributed by atoms with van der Waals surface area (Å²) in [5.41, 5.74) is 0. The largest absolute Gasteiger partial charge is 0.355 e. The van der Waals surface area contributed by atoms with Gasteiger partial charge in [0, 0.05) is 32.7 Å². The Morgan fingerprint density at radius 3 is 2.68 bits per heavy atom. The molecule has 0 aromatic carbocycles. The molecule has 2 unspecified atom stereocenters. The molecule has 1 N–H and O–H groups in total. The maximum absolute atomic E-state index is 4.51. The van der Waals surface area contributed by atoms with Gasteiger partial charge in [-0.25, -0.2) is 0 Å². The monoisotopic (exact) mass is 422 g/mol. The van der Waals surface area contributed by atoms with Gasteiger partial charge in [-0.15, -0.1) is 24.0 Å². The molecule has 0 aromatic heterocycles. The van der Waals surface area contributed by atoms with E-state index in [0.29, 0.717) is 6.04 Å². The van der Waals surface area contributed by atoms with Crippen LogP contribution >= 0.6 is 24.0 Å². The van der Waals surface area contributed by atoms with Crippen molar-refractivity contribution in [2.75, 3.05) is 39.8 Å². The van der Waals surface area contributed by atoms with Crippen LogP contribution in [-0.2, 0) is 0 Å². The molecule has 4 nitrogen and oxygen atoms in total. The van der Waals surface area contributed by atoms with E-state index in [1.165, 1.54) is 51.9 Å². The molecular formula is C17H35IN4. The quantitative estimate of drug-likeness (QED) is 0.420. The van der Waals surface area contributed by atoms with Crippen molar-refractivity contribution in [1.29, 1.82) is 0 Å². The molecule has 0 spiro atoms. The van der Waals surface area contributed by atoms with E-state index < -0.39 is 0 Å². The first-order chi connectivity index (χ1) is 10.1. The van der Waals surface area contributed by atoms with Crippen LogP contribution in [-0.4, -0.2) is 61.6 Å². The SMILES string of the molecule is CCN1CCCC1CNC(=NC)N1CCC(CC(C)C)C1.I. The number of likely N-dealkylation sites (tertiary alicyclic amines) is 2. The average Bonchev–Trinajstić information content (AvgIpc) is 3.08. The lowest BCUT2D eigenvalue weighted by molar-refractivity contribution is 0.265. The Morgan fingerprint density at radius 1 is 1.27 bits per heavy atom. The van der Waals surface area contributed by atoms with Gasteiger partial charge in [-0.3, -0.25) is 9.89 Å². The molecule has 5 heteroatoms. The Kier molecular flexibility index (Phi) is 9.05. The minimum Gasteiger partial charge on any atom is -0.355 e. The molecule has 2 aliphatic rings. The van der Waals surface area contributed by atoms with Crippen LogP contribution < -0.4 is 5.32 Å². The number of likely N-dealkylation sites (N-methyl/N-ethyl adjacent to an activating group) is 1. The third-order valence-electron chi connectivity index (χ3n) is 5.00. The molecule has 22 heavy (non-hydrogen) atoms. The molecule has 2 saturated heterocycles. The van der Waals surface area contributed by atoms with Gasteiger partial charge in [0.15, 0.2) is 5.96 Å². The molecule has 130 valence electrons. The molecule has 2 aliphatic heterocycles. The van der Waals surface area contributed by atoms with Crippen LogP contribution in [0, 0.1) is 11.8 Å². The summed E-state index contributed by atoms with van der Waals surface area (Å²) in [6.07, 6.45) is 5.34. The van der Waals surface area contributed by atoms with E-state index in [2.05, 4.69) is 40.9 Å². The highest BCUT2D eigenvalue weighted by atomic mass is 127. The Hall–Kier alpha value is -0.0400. The predicted molar refractivity (Wildman–Crippen MR) is 106 cm³/mol. The number of rotatable bonds is 5. The van der Waals surface area contributed by atoms with Gasteiger partial charge in [-0.2, -0.15) is 0 Å². The topological polar surface area (TPSA) is 30.9 Å². The Bertz CT molecular complexity index is 346. The molecule has 0 aromatic rings. The second kappa shape index (κ2) is 9.96. The maximum Gasteiger partial charge on any atom is 0.193 e. The third kappa shape index (κ3) is 5.55. The fraction of sp³-hybridized carbons (Fsp3) is 0.941. The first-order valence-electron chi connectivity index (χ1n) is 8.83. The Morgan fingerprint density at radius 2 is 2.05 bits per heavy atom. The molecule has 2 fully saturated rings. The van der Waals surface area contributed by atoms with E-state index in [0.717, 1.165) is 24.3 Å². The lowest BCUT2D eigenvalue weighted by Crippen LogP contribution is -2.46. The molecule has 0 amide bonds. The van der Waals surface area contributed by atoms with Crippen LogP contribution in [0.1, 0.15) is 46.5 Å². The number of aliphatic imine (C=N–C) groups is 1. The van der Waals surface area contributed by atoms with E-state index in [1.54, 1.807) is 0 Å². The number of hydrogen-bond donors (Lipinski definition) is 1. The van der Waals surface area contributed by atoms with Crippen molar-refractivity contribution >= 4 is 29.9 Å². The van der Waals surface area contributed by atoms with Crippen molar-refractivity contribution in [2.24, 2.45) is 16.8 Å². The predicted octanol–water partition coefficient (Wildman–Crippen LogP) is 3.03. The summed E-state index contributed by atoms with van der Waals surface area (Å²) in [5.74, 6) is 2.77. The first kappa shape index (κ1) is 20.0. The van der Waals surface area contributed by atoms with Crippen molar-refractivity contribution in [3.8, 4) is 0 Å². The van der Waals surface area contributed by atoms with Crippen LogP contribution in [0.5, 0.6) is 0 Å². The zero-order chi connectivity index (χ0) is 15.2. The molecule has 2 rings (SSSR count). The van der Waals surface area contributed by atoms with Crippen LogP contribution in [0.25, 0.3) is 0 Å². The normalized spacial score (nSPS) is 26.6. The minimum absolute atomic E-state index is 0. The summed E-state index contributed by atoms with van der Waals surface area (Å²) >= 11 is 0. The summed E-state index contributed by atoms with van der Waals surface area (Å²) < 4.78 is 0. The van der Waals surface area contributed by atoms with E-state index in [1.807, 2.05) is 7.05 Å². The van der Waals surface area contributed by atoms with Crippen molar-refractivity contribution in [3.63, 3.8) is 0 Å². The molecule has 0 bridgehead atoms. The van der Waals surface area contributed by atoms with Crippen LogP contribution in [0.3, 0.4) is 0 Å². The molecule has 0 radical (unpaired) electrons. The second-order valence-corrected chi connectivity index (χ2v) is 7.08. The lowest BCUT2D eigenvalue weighted by Gasteiger charge is -2.27. The Labute approximate surface area is 154 Å². The zero-order valence-corrected chi connectivity index (χ0v) is 17.2. The van der Waals surface area contributed by atoms with Gasteiger partial charge in [-0.1, -0.05) is 20.8 Å². The van der Waals surface area contributed by atoms with Crippen molar-refractivity contribution in [1.82, 2.24) is 15.1 Å². The van der Waals surface area contributed by atoms with Crippen LogP contribution in [0.2, 0.25) is 0 Å². The van der Waals surface area contributed by atoms with Crippen molar-refractivity contribution in [3.05, 3.63) is 0 Å². The lowest BCUT2D eigenvalue weighted by atomic mass is 9.97. The fourth-order valence-electron chi connectivity index (χ4n) is 3.97. The van der Waals surface area contributed by atoms with Crippen LogP contribution in [0.15, 0.2) is 4.99 Å². The number of nitrogens with one attached hydrogen (secondary N) is 1. The number of nitrogens with zero attached hydrogens (tertiary/aromatic N) is 3. The van der Waals surface area contributed by atoms with E-state index >= 15 is 0 Å². The van der Waals surface area contributed by atoms with Gasteiger partial charge in [0.1, 0.15) is 0 Å². The van der Waals surface area contributed by atoms with E-state index in [9.17, 15) is 0 Å². The zero-order valence-electron chi connectivity index (χ0n) is 14.8. The fourth-order valence-corrected chi connectivity index (χ4v) is 3.97. The van der Waals surface area contributed by atoms with Crippen molar-refractivity contribution < 1.29 is 0 Å². The van der Waals surface area contributed by atoms with Gasteiger partial charge < -0.3 is 10.2 Å². The molecule has 2 atom stereocenters. The Balaban J connectivity index is 0.00000242. The van der Waals surface area contributed by atoms with Crippen LogP contribution in [0.4, 0.5) is 0 Å². The molecule has 0 aliphatic carbocycles. The highest BCUT2D eigenvalue weighted by Gasteiger charge is 2.27. The van der Waals surface area contributed by atoms with Gasteiger partial charge in [0.2, 0.25) is 0 Å². The van der Waals surface area contributed by atoms with Gasteiger partial charge in [-0.05, 0) is 50.6 Å².